The van der Waals surface area contributed by atoms with E-state index in [1.54, 1.807) is 5.57 Å². The van der Waals surface area contributed by atoms with Crippen LogP contribution in [0.25, 0.3) is 6.08 Å². The number of nitrogens with zero attached hydrogens (tertiary/aromatic N) is 1. The lowest BCUT2D eigenvalue weighted by molar-refractivity contribution is 0.121. The SMILES string of the molecule is OCc1ccc(C=C2CCCCC2N2CCC2)cc1. The molecule has 102 valence electrons. The van der Waals surface area contributed by atoms with Crippen molar-refractivity contribution >= 4 is 6.08 Å². The van der Waals surface area contributed by atoms with Gasteiger partial charge in [0.25, 0.3) is 0 Å². The van der Waals surface area contributed by atoms with E-state index in [4.69, 9.17) is 5.11 Å². The molecule has 2 nitrogen and oxygen atoms in total. The Kier molecular flexibility index (Phi) is 4.00. The smallest absolute Gasteiger partial charge is 0.0681 e. The predicted molar refractivity (Wildman–Crippen MR) is 78.8 cm³/mol. The van der Waals surface area contributed by atoms with E-state index in [1.807, 2.05) is 12.1 Å². The van der Waals surface area contributed by atoms with Gasteiger partial charge in [0.05, 0.1) is 6.61 Å². The van der Waals surface area contributed by atoms with E-state index in [0.29, 0.717) is 6.04 Å². The summed E-state index contributed by atoms with van der Waals surface area (Å²) < 4.78 is 0. The zero-order valence-electron chi connectivity index (χ0n) is 11.5. The molecule has 2 aliphatic rings. The minimum Gasteiger partial charge on any atom is -0.392 e. The van der Waals surface area contributed by atoms with Gasteiger partial charge in [-0.2, -0.15) is 0 Å². The van der Waals surface area contributed by atoms with Crippen molar-refractivity contribution < 1.29 is 5.11 Å². The number of hydrogen-bond donors (Lipinski definition) is 1. The van der Waals surface area contributed by atoms with Crippen molar-refractivity contribution in [1.82, 2.24) is 4.90 Å². The van der Waals surface area contributed by atoms with E-state index >= 15 is 0 Å². The van der Waals surface area contributed by atoms with Crippen LogP contribution in [0.3, 0.4) is 0 Å². The molecule has 0 spiro atoms. The number of aliphatic hydroxyl groups excluding tert-OH is 1. The maximum atomic E-state index is 9.08. The van der Waals surface area contributed by atoms with Crippen LogP contribution in [0.2, 0.25) is 0 Å². The van der Waals surface area contributed by atoms with Crippen molar-refractivity contribution in [3.8, 4) is 0 Å². The molecule has 1 atom stereocenters. The Labute approximate surface area is 115 Å². The fourth-order valence-electron chi connectivity index (χ4n) is 3.19. The van der Waals surface area contributed by atoms with Crippen molar-refractivity contribution in [2.45, 2.75) is 44.8 Å². The third-order valence-corrected chi connectivity index (χ3v) is 4.47. The third-order valence-electron chi connectivity index (χ3n) is 4.47. The lowest BCUT2D eigenvalue weighted by Crippen LogP contribution is -2.46. The van der Waals surface area contributed by atoms with Gasteiger partial charge in [-0.15, -0.1) is 0 Å². The first-order valence-corrected chi connectivity index (χ1v) is 7.51. The van der Waals surface area contributed by atoms with Crippen LogP contribution in [0.5, 0.6) is 0 Å². The van der Waals surface area contributed by atoms with Gasteiger partial charge < -0.3 is 5.11 Å². The molecule has 2 heteroatoms. The topological polar surface area (TPSA) is 23.5 Å². The Bertz CT molecular complexity index is 445. The monoisotopic (exact) mass is 257 g/mol. The molecular formula is C17H23NO. The predicted octanol–water partition coefficient (Wildman–Crippen LogP) is 3.21. The number of likely N-dealkylation sites (tertiary alicyclic amines) is 1. The Morgan fingerprint density at radius 3 is 2.53 bits per heavy atom. The standard InChI is InChI=1S/C17H23NO/c19-13-15-8-6-14(7-9-15)12-16-4-1-2-5-17(16)18-10-3-11-18/h6-9,12,17,19H,1-5,10-11,13H2. The normalized spacial score (nSPS) is 26.4. The summed E-state index contributed by atoms with van der Waals surface area (Å²) in [5.41, 5.74) is 3.88. The van der Waals surface area contributed by atoms with Crippen LogP contribution in [0.15, 0.2) is 29.8 Å². The van der Waals surface area contributed by atoms with E-state index in [2.05, 4.69) is 23.1 Å². The van der Waals surface area contributed by atoms with Gasteiger partial charge in [0.1, 0.15) is 0 Å². The van der Waals surface area contributed by atoms with Gasteiger partial charge in [0.2, 0.25) is 0 Å². The second-order valence-corrected chi connectivity index (χ2v) is 5.77. The highest BCUT2D eigenvalue weighted by molar-refractivity contribution is 5.55. The molecule has 1 aliphatic carbocycles. The van der Waals surface area contributed by atoms with Crippen molar-refractivity contribution in [3.05, 3.63) is 41.0 Å². The van der Waals surface area contributed by atoms with E-state index in [0.717, 1.165) is 5.56 Å². The van der Waals surface area contributed by atoms with Crippen LogP contribution in [0.1, 0.15) is 43.2 Å². The summed E-state index contributed by atoms with van der Waals surface area (Å²) in [6, 6.07) is 8.99. The van der Waals surface area contributed by atoms with Crippen LogP contribution >= 0.6 is 0 Å². The summed E-state index contributed by atoms with van der Waals surface area (Å²) in [6.07, 6.45) is 9.05. The number of rotatable bonds is 3. The van der Waals surface area contributed by atoms with Gasteiger partial charge >= 0.3 is 0 Å². The largest absolute Gasteiger partial charge is 0.392 e. The first kappa shape index (κ1) is 12.9. The average Bonchev–Trinajstić information content (AvgIpc) is 2.40. The molecule has 1 aromatic carbocycles. The second-order valence-electron chi connectivity index (χ2n) is 5.77. The van der Waals surface area contributed by atoms with Gasteiger partial charge in [0, 0.05) is 6.04 Å². The molecule has 1 heterocycles. The molecular weight excluding hydrogens is 234 g/mol. The van der Waals surface area contributed by atoms with Gasteiger partial charge in [0.15, 0.2) is 0 Å². The van der Waals surface area contributed by atoms with Crippen molar-refractivity contribution in [3.63, 3.8) is 0 Å². The minimum atomic E-state index is 0.132. The van der Waals surface area contributed by atoms with E-state index < -0.39 is 0 Å². The molecule has 1 aliphatic heterocycles. The molecule has 1 aromatic rings. The summed E-state index contributed by atoms with van der Waals surface area (Å²) in [7, 11) is 0. The summed E-state index contributed by atoms with van der Waals surface area (Å²) in [4.78, 5) is 2.63. The van der Waals surface area contributed by atoms with E-state index in [1.165, 1.54) is 50.8 Å². The molecule has 1 unspecified atom stereocenters. The Morgan fingerprint density at radius 1 is 1.11 bits per heavy atom. The summed E-state index contributed by atoms with van der Waals surface area (Å²) in [6.45, 7) is 2.70. The fraction of sp³-hybridized carbons (Fsp3) is 0.529. The fourth-order valence-corrected chi connectivity index (χ4v) is 3.19. The Balaban J connectivity index is 1.78. The highest BCUT2D eigenvalue weighted by Crippen LogP contribution is 2.31. The maximum absolute atomic E-state index is 9.08. The van der Waals surface area contributed by atoms with Crippen LogP contribution in [0, 0.1) is 0 Å². The molecule has 0 radical (unpaired) electrons. The lowest BCUT2D eigenvalue weighted by atomic mass is 9.86. The average molecular weight is 257 g/mol. The molecule has 19 heavy (non-hydrogen) atoms. The van der Waals surface area contributed by atoms with Gasteiger partial charge in [-0.25, -0.2) is 0 Å². The molecule has 0 aromatic heterocycles. The molecule has 0 amide bonds. The Hall–Kier alpha value is -1.12. The van der Waals surface area contributed by atoms with Crippen LogP contribution < -0.4 is 0 Å². The number of hydrogen-bond acceptors (Lipinski definition) is 2. The highest BCUT2D eigenvalue weighted by Gasteiger charge is 2.28. The van der Waals surface area contributed by atoms with Gasteiger partial charge in [-0.05, 0) is 49.9 Å². The van der Waals surface area contributed by atoms with Gasteiger partial charge in [-0.1, -0.05) is 42.3 Å². The first-order chi connectivity index (χ1) is 9.36. The second kappa shape index (κ2) is 5.89. The zero-order valence-corrected chi connectivity index (χ0v) is 11.5. The van der Waals surface area contributed by atoms with E-state index in [-0.39, 0.29) is 6.61 Å². The maximum Gasteiger partial charge on any atom is 0.0681 e. The summed E-state index contributed by atoms with van der Waals surface area (Å²) in [5, 5.41) is 9.08. The zero-order chi connectivity index (χ0) is 13.1. The lowest BCUT2D eigenvalue weighted by Gasteiger charge is -2.42. The number of benzene rings is 1. The van der Waals surface area contributed by atoms with Crippen LogP contribution in [-0.2, 0) is 6.61 Å². The number of aliphatic hydroxyl groups is 1. The molecule has 3 rings (SSSR count). The molecule has 1 N–H and O–H groups in total. The quantitative estimate of drug-likeness (QED) is 0.898. The van der Waals surface area contributed by atoms with Crippen LogP contribution in [-0.4, -0.2) is 29.1 Å². The van der Waals surface area contributed by atoms with Crippen molar-refractivity contribution in [1.29, 1.82) is 0 Å². The van der Waals surface area contributed by atoms with Crippen molar-refractivity contribution in [2.75, 3.05) is 13.1 Å². The first-order valence-electron chi connectivity index (χ1n) is 7.51. The van der Waals surface area contributed by atoms with E-state index in [9.17, 15) is 0 Å². The third kappa shape index (κ3) is 2.90. The Morgan fingerprint density at radius 2 is 1.89 bits per heavy atom. The highest BCUT2D eigenvalue weighted by atomic mass is 16.3. The van der Waals surface area contributed by atoms with Crippen molar-refractivity contribution in [2.24, 2.45) is 0 Å². The summed E-state index contributed by atoms with van der Waals surface area (Å²) >= 11 is 0. The molecule has 0 bridgehead atoms. The molecule has 1 saturated heterocycles. The molecule has 1 saturated carbocycles. The van der Waals surface area contributed by atoms with Crippen LogP contribution in [0.4, 0.5) is 0 Å². The minimum absolute atomic E-state index is 0.132. The molecule has 2 fully saturated rings. The summed E-state index contributed by atoms with van der Waals surface area (Å²) in [5.74, 6) is 0. The van der Waals surface area contributed by atoms with Gasteiger partial charge in [-0.3, -0.25) is 4.90 Å².